The molecule has 0 spiro atoms. The first kappa shape index (κ1) is 23.4. The molecule has 178 valence electrons. The van der Waals surface area contributed by atoms with Crippen LogP contribution in [0.25, 0.3) is 0 Å². The van der Waals surface area contributed by atoms with Gasteiger partial charge >= 0.3 is 0 Å². The number of aromatic nitrogens is 2. The lowest BCUT2D eigenvalue weighted by Gasteiger charge is -2.35. The molecule has 2 fully saturated rings. The molecule has 0 radical (unpaired) electrons. The third-order valence-electron chi connectivity index (χ3n) is 6.84. The Hall–Kier alpha value is -2.78. The van der Waals surface area contributed by atoms with Crippen LogP contribution in [0.1, 0.15) is 48.0 Å². The minimum atomic E-state index is -0.647. The van der Waals surface area contributed by atoms with E-state index in [-0.39, 0.29) is 24.0 Å². The van der Waals surface area contributed by atoms with Gasteiger partial charge in [-0.3, -0.25) is 4.79 Å². The predicted octanol–water partition coefficient (Wildman–Crippen LogP) is 3.15. The Morgan fingerprint density at radius 3 is 2.58 bits per heavy atom. The molecule has 1 saturated carbocycles. The van der Waals surface area contributed by atoms with Crippen molar-refractivity contribution in [3.63, 3.8) is 0 Å². The van der Waals surface area contributed by atoms with Gasteiger partial charge in [-0.2, -0.15) is 4.98 Å². The van der Waals surface area contributed by atoms with Crippen LogP contribution in [0, 0.1) is 0 Å². The maximum absolute atomic E-state index is 13.4. The molecular weight excluding hydrogens is 421 g/mol. The Balaban J connectivity index is 1.41. The molecule has 1 saturated heterocycles. The van der Waals surface area contributed by atoms with E-state index in [4.69, 9.17) is 5.73 Å². The molecule has 9 heteroatoms. The molecule has 2 heterocycles. The second-order valence-electron chi connectivity index (χ2n) is 9.20. The van der Waals surface area contributed by atoms with E-state index < -0.39 is 6.67 Å². The first-order valence-corrected chi connectivity index (χ1v) is 11.7. The highest BCUT2D eigenvalue weighted by Gasteiger charge is 2.26. The van der Waals surface area contributed by atoms with E-state index in [9.17, 15) is 9.18 Å². The zero-order valence-electron chi connectivity index (χ0n) is 19.4. The number of halogens is 1. The van der Waals surface area contributed by atoms with Crippen molar-refractivity contribution < 1.29 is 9.18 Å². The van der Waals surface area contributed by atoms with Crippen LogP contribution in [0.3, 0.4) is 0 Å². The molecule has 2 aromatic rings. The lowest BCUT2D eigenvalue weighted by molar-refractivity contribution is 0.0659. The van der Waals surface area contributed by atoms with Gasteiger partial charge in [-0.15, -0.1) is 0 Å². The Labute approximate surface area is 194 Å². The number of carbonyl (C=O) groups excluding carboxylic acids is 1. The van der Waals surface area contributed by atoms with E-state index in [0.29, 0.717) is 22.9 Å². The SMILES string of the molecule is CN1CCC(N(C)C(=O)c2ccc(Nc3ncc(CF)c(N[C@@H]4CCC[C@@H]4N)n3)cc2)CC1. The second-order valence-corrected chi connectivity index (χ2v) is 9.20. The lowest BCUT2D eigenvalue weighted by Crippen LogP contribution is -2.44. The molecule has 2 aliphatic rings. The third kappa shape index (κ3) is 5.59. The van der Waals surface area contributed by atoms with Crippen molar-refractivity contribution in [1.29, 1.82) is 0 Å². The Bertz CT molecular complexity index is 946. The van der Waals surface area contributed by atoms with Crippen LogP contribution in [0.2, 0.25) is 0 Å². The van der Waals surface area contributed by atoms with Crippen molar-refractivity contribution >= 4 is 23.4 Å². The van der Waals surface area contributed by atoms with Crippen LogP contribution in [-0.2, 0) is 6.67 Å². The number of hydrogen-bond acceptors (Lipinski definition) is 7. The molecule has 0 unspecified atom stereocenters. The first-order chi connectivity index (χ1) is 15.9. The number of hydrogen-bond donors (Lipinski definition) is 3. The summed E-state index contributed by atoms with van der Waals surface area (Å²) in [7, 11) is 4.00. The Morgan fingerprint density at radius 2 is 1.94 bits per heavy atom. The zero-order valence-corrected chi connectivity index (χ0v) is 19.4. The molecular formula is C24H34FN7O. The average molecular weight is 456 g/mol. The molecule has 1 aromatic carbocycles. The average Bonchev–Trinajstić information content (AvgIpc) is 3.23. The highest BCUT2D eigenvalue weighted by Crippen LogP contribution is 2.25. The van der Waals surface area contributed by atoms with E-state index >= 15 is 0 Å². The lowest BCUT2D eigenvalue weighted by atomic mass is 10.0. The van der Waals surface area contributed by atoms with Crippen LogP contribution in [0.5, 0.6) is 0 Å². The van der Waals surface area contributed by atoms with Crippen LogP contribution < -0.4 is 16.4 Å². The van der Waals surface area contributed by atoms with Crippen molar-refractivity contribution in [2.24, 2.45) is 5.73 Å². The number of likely N-dealkylation sites (tertiary alicyclic amines) is 1. The zero-order chi connectivity index (χ0) is 23.4. The monoisotopic (exact) mass is 455 g/mol. The molecule has 8 nitrogen and oxygen atoms in total. The van der Waals surface area contributed by atoms with E-state index in [1.807, 2.05) is 36.2 Å². The van der Waals surface area contributed by atoms with Crippen molar-refractivity contribution in [1.82, 2.24) is 19.8 Å². The summed E-state index contributed by atoms with van der Waals surface area (Å²) in [6.45, 7) is 1.37. The van der Waals surface area contributed by atoms with Crippen molar-refractivity contribution in [3.8, 4) is 0 Å². The summed E-state index contributed by atoms with van der Waals surface area (Å²) in [6.07, 6.45) is 6.43. The normalized spacial score (nSPS) is 21.7. The van der Waals surface area contributed by atoms with Crippen molar-refractivity contribution in [3.05, 3.63) is 41.6 Å². The van der Waals surface area contributed by atoms with Gasteiger partial charge in [0.25, 0.3) is 5.91 Å². The molecule has 1 aromatic heterocycles. The van der Waals surface area contributed by atoms with E-state index in [2.05, 4.69) is 32.5 Å². The number of piperidine rings is 1. The number of anilines is 3. The topological polar surface area (TPSA) is 99.4 Å². The molecule has 1 aliphatic heterocycles. The molecule has 4 rings (SSSR count). The van der Waals surface area contributed by atoms with Gasteiger partial charge in [-0.05, 0) is 76.5 Å². The molecule has 33 heavy (non-hydrogen) atoms. The van der Waals surface area contributed by atoms with E-state index in [0.717, 1.165) is 50.9 Å². The molecule has 1 amide bonds. The van der Waals surface area contributed by atoms with Crippen molar-refractivity contribution in [2.75, 3.05) is 37.8 Å². The minimum Gasteiger partial charge on any atom is -0.365 e. The van der Waals surface area contributed by atoms with E-state index in [1.54, 1.807) is 0 Å². The number of amides is 1. The van der Waals surface area contributed by atoms with Gasteiger partial charge in [0.1, 0.15) is 12.5 Å². The van der Waals surface area contributed by atoms with Gasteiger partial charge in [0.2, 0.25) is 5.95 Å². The van der Waals surface area contributed by atoms with Crippen LogP contribution in [0.4, 0.5) is 21.8 Å². The van der Waals surface area contributed by atoms with Crippen molar-refractivity contribution in [2.45, 2.75) is 56.9 Å². The largest absolute Gasteiger partial charge is 0.365 e. The van der Waals surface area contributed by atoms with Gasteiger partial charge in [0.15, 0.2) is 0 Å². The number of benzene rings is 1. The number of alkyl halides is 1. The summed E-state index contributed by atoms with van der Waals surface area (Å²) in [5.41, 5.74) is 7.96. The quantitative estimate of drug-likeness (QED) is 0.590. The second kappa shape index (κ2) is 10.4. The fraction of sp³-hybridized carbons (Fsp3) is 0.542. The van der Waals surface area contributed by atoms with Gasteiger partial charge in [-0.25, -0.2) is 9.37 Å². The molecule has 0 bridgehead atoms. The number of rotatable bonds is 7. The number of nitrogens with two attached hydrogens (primary N) is 1. The van der Waals surface area contributed by atoms with E-state index in [1.165, 1.54) is 6.20 Å². The summed E-state index contributed by atoms with van der Waals surface area (Å²) < 4.78 is 13.4. The molecule has 4 N–H and O–H groups in total. The van der Waals surface area contributed by atoms with Crippen LogP contribution >= 0.6 is 0 Å². The summed E-state index contributed by atoms with van der Waals surface area (Å²) in [4.78, 5) is 25.8. The van der Waals surface area contributed by atoms with Gasteiger partial charge in [0, 0.05) is 48.2 Å². The van der Waals surface area contributed by atoms with Crippen LogP contribution in [0.15, 0.2) is 30.5 Å². The maximum Gasteiger partial charge on any atom is 0.253 e. The summed E-state index contributed by atoms with van der Waals surface area (Å²) in [6, 6.07) is 7.69. The van der Waals surface area contributed by atoms with Gasteiger partial charge in [0.05, 0.1) is 0 Å². The number of nitrogens with one attached hydrogen (secondary N) is 2. The highest BCUT2D eigenvalue weighted by atomic mass is 19.1. The Morgan fingerprint density at radius 1 is 1.21 bits per heavy atom. The molecule has 2 atom stereocenters. The Kier molecular flexibility index (Phi) is 7.39. The summed E-state index contributed by atoms with van der Waals surface area (Å²) in [5.74, 6) is 0.867. The fourth-order valence-electron chi connectivity index (χ4n) is 4.61. The fourth-order valence-corrected chi connectivity index (χ4v) is 4.61. The smallest absolute Gasteiger partial charge is 0.253 e. The van der Waals surface area contributed by atoms with Gasteiger partial charge in [-0.1, -0.05) is 0 Å². The third-order valence-corrected chi connectivity index (χ3v) is 6.84. The molecule has 1 aliphatic carbocycles. The summed E-state index contributed by atoms with van der Waals surface area (Å²) >= 11 is 0. The minimum absolute atomic E-state index is 0.0269. The maximum atomic E-state index is 13.4. The van der Waals surface area contributed by atoms with Gasteiger partial charge < -0.3 is 26.2 Å². The first-order valence-electron chi connectivity index (χ1n) is 11.7. The predicted molar refractivity (Wildman–Crippen MR) is 128 cm³/mol. The highest BCUT2D eigenvalue weighted by molar-refractivity contribution is 5.94. The number of carbonyl (C=O) groups is 1. The summed E-state index contributed by atoms with van der Waals surface area (Å²) in [5, 5.41) is 6.45. The van der Waals surface area contributed by atoms with Crippen LogP contribution in [-0.4, -0.2) is 71.0 Å². The number of nitrogens with zero attached hydrogens (tertiary/aromatic N) is 4. The standard InChI is InChI=1S/C24H34FN7O/c1-31-12-10-19(11-13-31)32(2)23(33)16-6-8-18(9-7-16)28-24-27-15-17(14-25)22(30-24)29-21-5-3-4-20(21)26/h6-9,15,19-21H,3-5,10-14,26H2,1-2H3,(H2,27,28,29,30)/t20-,21+/m0/s1.